The first kappa shape index (κ1) is 23.0. The van der Waals surface area contributed by atoms with E-state index in [0.717, 1.165) is 11.8 Å². The largest absolute Gasteiger partial charge is 0.463 e. The van der Waals surface area contributed by atoms with E-state index in [4.69, 9.17) is 25.8 Å². The first-order valence-corrected chi connectivity index (χ1v) is 9.58. The van der Waals surface area contributed by atoms with Crippen molar-refractivity contribution < 1.29 is 28.6 Å². The van der Waals surface area contributed by atoms with Gasteiger partial charge in [-0.15, -0.1) is 0 Å². The molecule has 2 aromatic rings. The smallest absolute Gasteiger partial charge is 0.345 e. The first-order valence-electron chi connectivity index (χ1n) is 9.20. The molecule has 0 aliphatic carbocycles. The summed E-state index contributed by atoms with van der Waals surface area (Å²) in [7, 11) is 1.75. The summed E-state index contributed by atoms with van der Waals surface area (Å²) in [6.45, 7) is 3.74. The van der Waals surface area contributed by atoms with Gasteiger partial charge in [-0.3, -0.25) is 0 Å². The Hall–Kier alpha value is -3.32. The molecular weight excluding hydrogens is 410 g/mol. The molecule has 8 heteroatoms. The number of nitrogens with one attached hydrogen (secondary N) is 1. The summed E-state index contributed by atoms with van der Waals surface area (Å²) in [5.41, 5.74) is 1.33. The monoisotopic (exact) mass is 431 g/mol. The Bertz CT molecular complexity index is 910. The van der Waals surface area contributed by atoms with E-state index < -0.39 is 17.9 Å². The molecule has 0 unspecified atom stereocenters. The van der Waals surface area contributed by atoms with Crippen molar-refractivity contribution in [3.05, 3.63) is 71.3 Å². The van der Waals surface area contributed by atoms with Crippen LogP contribution in [0.25, 0.3) is 0 Å². The summed E-state index contributed by atoms with van der Waals surface area (Å²) in [5, 5.41) is 3.20. The Labute approximate surface area is 179 Å². The van der Waals surface area contributed by atoms with Crippen LogP contribution in [0.5, 0.6) is 5.75 Å². The number of halogens is 1. The number of rotatable bonds is 10. The first-order chi connectivity index (χ1) is 14.4. The Balaban J connectivity index is 1.81. The van der Waals surface area contributed by atoms with Crippen LogP contribution in [0.15, 0.2) is 55.1 Å². The molecular formula is C22H22ClNO6. The maximum Gasteiger partial charge on any atom is 0.345 e. The molecule has 30 heavy (non-hydrogen) atoms. The third-order valence-electron chi connectivity index (χ3n) is 3.96. The molecule has 2 rings (SSSR count). The molecule has 158 valence electrons. The zero-order chi connectivity index (χ0) is 21.9. The highest BCUT2D eigenvalue weighted by molar-refractivity contribution is 6.33. The highest BCUT2D eigenvalue weighted by atomic mass is 35.5. The molecule has 0 radical (unpaired) electrons. The lowest BCUT2D eigenvalue weighted by atomic mass is 10.2. The minimum Gasteiger partial charge on any atom is -0.463 e. The number of carbonyl (C=O) groups is 3. The summed E-state index contributed by atoms with van der Waals surface area (Å²) in [5.74, 6) is -1.31. The molecule has 0 heterocycles. The van der Waals surface area contributed by atoms with Crippen molar-refractivity contribution in [2.75, 3.05) is 25.6 Å². The topological polar surface area (TPSA) is 90.9 Å². The fourth-order valence-corrected chi connectivity index (χ4v) is 2.60. The van der Waals surface area contributed by atoms with Crippen LogP contribution in [-0.4, -0.2) is 38.2 Å². The second kappa shape index (κ2) is 11.6. The quantitative estimate of drug-likeness (QED) is 0.260. The number of unbranched alkanes of at least 4 members (excludes halogenated alkanes) is 1. The zero-order valence-electron chi connectivity index (χ0n) is 16.5. The van der Waals surface area contributed by atoms with Crippen LogP contribution >= 0.6 is 11.6 Å². The Morgan fingerprint density at radius 3 is 2.27 bits per heavy atom. The van der Waals surface area contributed by atoms with Crippen molar-refractivity contribution in [2.45, 2.75) is 12.8 Å². The number of hydrogen-bond acceptors (Lipinski definition) is 7. The minimum atomic E-state index is -0.602. The van der Waals surface area contributed by atoms with Crippen LogP contribution in [0.4, 0.5) is 5.69 Å². The van der Waals surface area contributed by atoms with E-state index in [-0.39, 0.29) is 29.5 Å². The zero-order valence-corrected chi connectivity index (χ0v) is 17.2. The van der Waals surface area contributed by atoms with Crippen LogP contribution in [0, 0.1) is 0 Å². The highest BCUT2D eigenvalue weighted by Gasteiger charge is 2.14. The van der Waals surface area contributed by atoms with Gasteiger partial charge in [0, 0.05) is 18.8 Å². The number of hydrogen-bond donors (Lipinski definition) is 1. The van der Waals surface area contributed by atoms with E-state index >= 15 is 0 Å². The van der Waals surface area contributed by atoms with Gasteiger partial charge in [0.25, 0.3) is 0 Å². The van der Waals surface area contributed by atoms with Crippen molar-refractivity contribution >= 4 is 35.2 Å². The van der Waals surface area contributed by atoms with Crippen LogP contribution in [0.1, 0.15) is 33.6 Å². The van der Waals surface area contributed by atoms with E-state index in [1.807, 2.05) is 0 Å². The van der Waals surface area contributed by atoms with Crippen molar-refractivity contribution in [1.82, 2.24) is 0 Å². The maximum atomic E-state index is 12.3. The Kier molecular flexibility index (Phi) is 8.90. The minimum absolute atomic E-state index is 0.197. The molecule has 0 atom stereocenters. The molecule has 1 N–H and O–H groups in total. The molecule has 0 amide bonds. The van der Waals surface area contributed by atoms with Crippen LogP contribution in [0.3, 0.4) is 0 Å². The van der Waals surface area contributed by atoms with Crippen LogP contribution in [-0.2, 0) is 14.3 Å². The lowest BCUT2D eigenvalue weighted by molar-refractivity contribution is -0.137. The van der Waals surface area contributed by atoms with Gasteiger partial charge >= 0.3 is 17.9 Å². The van der Waals surface area contributed by atoms with Crippen molar-refractivity contribution in [3.8, 4) is 5.75 Å². The van der Waals surface area contributed by atoms with Crippen molar-refractivity contribution in [3.63, 3.8) is 0 Å². The van der Waals surface area contributed by atoms with Gasteiger partial charge in [0.1, 0.15) is 5.75 Å². The summed E-state index contributed by atoms with van der Waals surface area (Å²) in [6.07, 6.45) is 2.22. The fourth-order valence-electron chi connectivity index (χ4n) is 2.34. The van der Waals surface area contributed by atoms with E-state index in [1.54, 1.807) is 25.2 Å². The van der Waals surface area contributed by atoms with E-state index in [0.29, 0.717) is 18.4 Å². The fraction of sp³-hybridized carbons (Fsp3) is 0.227. The third-order valence-corrected chi connectivity index (χ3v) is 4.27. The van der Waals surface area contributed by atoms with Gasteiger partial charge in [0.05, 0.1) is 29.4 Å². The van der Waals surface area contributed by atoms with Gasteiger partial charge < -0.3 is 19.5 Å². The van der Waals surface area contributed by atoms with E-state index in [9.17, 15) is 14.4 Å². The van der Waals surface area contributed by atoms with Crippen LogP contribution in [0.2, 0.25) is 5.02 Å². The predicted molar refractivity (Wildman–Crippen MR) is 113 cm³/mol. The standard InChI is InChI=1S/C22H22ClNO6/c1-3-20(25)28-12-4-5-13-29-21(26)15-6-9-17(10-7-15)30-22(27)18-11-8-16(24-2)14-19(18)23/h3,6-11,14,24H,1,4-5,12-13H2,2H3. The average Bonchev–Trinajstić information content (AvgIpc) is 2.75. The molecule has 0 spiro atoms. The predicted octanol–water partition coefficient (Wildman–Crippen LogP) is 4.27. The lowest BCUT2D eigenvalue weighted by Gasteiger charge is -2.08. The number of esters is 3. The molecule has 0 aromatic heterocycles. The summed E-state index contributed by atoms with van der Waals surface area (Å²) >= 11 is 6.11. The van der Waals surface area contributed by atoms with Crippen molar-refractivity contribution in [2.24, 2.45) is 0 Å². The van der Waals surface area contributed by atoms with Crippen molar-refractivity contribution in [1.29, 1.82) is 0 Å². The highest BCUT2D eigenvalue weighted by Crippen LogP contribution is 2.23. The van der Waals surface area contributed by atoms with Gasteiger partial charge in [-0.1, -0.05) is 18.2 Å². The second-order valence-electron chi connectivity index (χ2n) is 6.07. The SMILES string of the molecule is C=CC(=O)OCCCCOC(=O)c1ccc(OC(=O)c2ccc(NC)cc2Cl)cc1. The van der Waals surface area contributed by atoms with Gasteiger partial charge in [-0.05, 0) is 55.3 Å². The van der Waals surface area contributed by atoms with Gasteiger partial charge in [-0.25, -0.2) is 14.4 Å². The molecule has 0 aliphatic heterocycles. The molecule has 0 fully saturated rings. The third kappa shape index (κ3) is 6.93. The summed E-state index contributed by atoms with van der Waals surface area (Å²) in [6, 6.07) is 10.9. The number of anilines is 1. The molecule has 2 aromatic carbocycles. The van der Waals surface area contributed by atoms with Gasteiger partial charge in [-0.2, -0.15) is 0 Å². The van der Waals surface area contributed by atoms with Crippen LogP contribution < -0.4 is 10.1 Å². The summed E-state index contributed by atoms with van der Waals surface area (Å²) < 4.78 is 15.3. The van der Waals surface area contributed by atoms with E-state index in [1.165, 1.54) is 24.3 Å². The number of benzene rings is 2. The Morgan fingerprint density at radius 1 is 1.00 bits per heavy atom. The van der Waals surface area contributed by atoms with Gasteiger partial charge in [0.15, 0.2) is 0 Å². The molecule has 0 saturated carbocycles. The molecule has 7 nitrogen and oxygen atoms in total. The average molecular weight is 432 g/mol. The Morgan fingerprint density at radius 2 is 1.67 bits per heavy atom. The molecule has 0 saturated heterocycles. The maximum absolute atomic E-state index is 12.3. The molecule has 0 aliphatic rings. The number of carbonyl (C=O) groups excluding carboxylic acids is 3. The summed E-state index contributed by atoms with van der Waals surface area (Å²) in [4.78, 5) is 35.2. The normalized spacial score (nSPS) is 10.1. The molecule has 0 bridgehead atoms. The van der Waals surface area contributed by atoms with Gasteiger partial charge in [0.2, 0.25) is 0 Å². The lowest BCUT2D eigenvalue weighted by Crippen LogP contribution is -2.10. The van der Waals surface area contributed by atoms with E-state index in [2.05, 4.69) is 11.9 Å². The number of ether oxygens (including phenoxy) is 3. The second-order valence-corrected chi connectivity index (χ2v) is 6.48.